The number of fused-ring (bicyclic) bond motifs is 1. The number of hydrogen-bond donors (Lipinski definition) is 4. The molecule has 2 rings (SSSR count). The first kappa shape index (κ1) is 9.53. The third-order valence-corrected chi connectivity index (χ3v) is 1.42. The lowest BCUT2D eigenvalue weighted by molar-refractivity contribution is 1.07. The van der Waals surface area contributed by atoms with E-state index in [4.69, 9.17) is 5.26 Å². The summed E-state index contributed by atoms with van der Waals surface area (Å²) in [5, 5.41) is 6.50. The van der Waals surface area contributed by atoms with Crippen LogP contribution in [0.3, 0.4) is 0 Å². The molecule has 4 N–H and O–H groups in total. The molecule has 8 nitrogen and oxygen atoms in total. The Labute approximate surface area is 75.2 Å². The SMILES string of the molecule is C#N.O=c1[nH]c(=O)c2[nH]c(=O)[nH]c2[nH]1. The van der Waals surface area contributed by atoms with Crippen molar-refractivity contribution in [1.29, 1.82) is 5.26 Å². The van der Waals surface area contributed by atoms with E-state index in [1.54, 1.807) is 0 Å². The largest absolute Gasteiger partial charge is 0.327 e. The number of H-pyrrole nitrogens is 4. The number of nitrogens with zero attached hydrogens (tertiary/aromatic N) is 1. The van der Waals surface area contributed by atoms with Crippen molar-refractivity contribution in [3.05, 3.63) is 31.3 Å². The maximum atomic E-state index is 10.9. The zero-order valence-corrected chi connectivity index (χ0v) is 6.75. The van der Waals surface area contributed by atoms with E-state index >= 15 is 0 Å². The first-order chi connectivity index (χ1) is 6.66. The Morgan fingerprint density at radius 2 is 1.36 bits per heavy atom. The summed E-state index contributed by atoms with van der Waals surface area (Å²) in [5.41, 5.74) is -1.65. The van der Waals surface area contributed by atoms with Crippen molar-refractivity contribution in [2.45, 2.75) is 0 Å². The fourth-order valence-electron chi connectivity index (χ4n) is 0.958. The molecule has 0 bridgehead atoms. The maximum Gasteiger partial charge on any atom is 0.327 e. The molecule has 72 valence electrons. The zero-order chi connectivity index (χ0) is 10.7. The number of aromatic nitrogens is 4. The third kappa shape index (κ3) is 1.46. The normalized spacial score (nSPS) is 9.29. The molecule has 8 heteroatoms. The summed E-state index contributed by atoms with van der Waals surface area (Å²) < 4.78 is 0. The lowest BCUT2D eigenvalue weighted by Gasteiger charge is -1.83. The van der Waals surface area contributed by atoms with Gasteiger partial charge in [0.15, 0.2) is 0 Å². The summed E-state index contributed by atoms with van der Waals surface area (Å²) in [6, 6.07) is 0. The average Bonchev–Trinajstić information content (AvgIpc) is 2.49. The molecular formula is C6H5N5O3. The second kappa shape index (κ2) is 3.44. The van der Waals surface area contributed by atoms with Gasteiger partial charge in [-0.2, -0.15) is 0 Å². The predicted molar refractivity (Wildman–Crippen MR) is 46.8 cm³/mol. The van der Waals surface area contributed by atoms with Crippen LogP contribution in [0.15, 0.2) is 14.4 Å². The Morgan fingerprint density at radius 1 is 0.857 bits per heavy atom. The average molecular weight is 195 g/mol. The van der Waals surface area contributed by atoms with Gasteiger partial charge in [-0.1, -0.05) is 0 Å². The lowest BCUT2D eigenvalue weighted by Crippen LogP contribution is -2.21. The second-order valence-corrected chi connectivity index (χ2v) is 2.24. The molecule has 14 heavy (non-hydrogen) atoms. The van der Waals surface area contributed by atoms with Crippen molar-refractivity contribution in [3.63, 3.8) is 0 Å². The van der Waals surface area contributed by atoms with Gasteiger partial charge in [-0.15, -0.1) is 0 Å². The molecule has 0 unspecified atom stereocenters. The fourth-order valence-corrected chi connectivity index (χ4v) is 0.958. The van der Waals surface area contributed by atoms with Gasteiger partial charge in [0.25, 0.3) is 5.56 Å². The smallest absolute Gasteiger partial charge is 0.300 e. The molecule has 0 aliphatic carbocycles. The summed E-state index contributed by atoms with van der Waals surface area (Å²) in [6.07, 6.45) is 0. The van der Waals surface area contributed by atoms with Crippen LogP contribution in [0.2, 0.25) is 0 Å². The second-order valence-electron chi connectivity index (χ2n) is 2.24. The van der Waals surface area contributed by atoms with Crippen LogP contribution in [0, 0.1) is 11.8 Å². The topological polar surface area (TPSA) is 138 Å². The van der Waals surface area contributed by atoms with Crippen LogP contribution < -0.4 is 16.9 Å². The van der Waals surface area contributed by atoms with E-state index in [9.17, 15) is 14.4 Å². The Hall–Kier alpha value is -2.56. The van der Waals surface area contributed by atoms with E-state index < -0.39 is 16.9 Å². The molecule has 0 aliphatic heterocycles. The maximum absolute atomic E-state index is 10.9. The summed E-state index contributed by atoms with van der Waals surface area (Å²) in [6.45, 7) is 3.50. The van der Waals surface area contributed by atoms with Crippen LogP contribution in [0.25, 0.3) is 11.2 Å². The van der Waals surface area contributed by atoms with Crippen LogP contribution in [0.5, 0.6) is 0 Å². The van der Waals surface area contributed by atoms with Crippen LogP contribution in [-0.4, -0.2) is 19.9 Å². The zero-order valence-electron chi connectivity index (χ0n) is 6.75. The van der Waals surface area contributed by atoms with E-state index in [0.29, 0.717) is 0 Å². The van der Waals surface area contributed by atoms with Crippen molar-refractivity contribution in [2.75, 3.05) is 0 Å². The first-order valence-corrected chi connectivity index (χ1v) is 3.37. The van der Waals surface area contributed by atoms with E-state index in [-0.39, 0.29) is 11.2 Å². The quantitative estimate of drug-likeness (QED) is 0.401. The number of aromatic amines is 4. The minimum Gasteiger partial charge on any atom is -0.300 e. The molecule has 0 aliphatic rings. The Kier molecular flexibility index (Phi) is 2.34. The van der Waals surface area contributed by atoms with Crippen molar-refractivity contribution < 1.29 is 0 Å². The number of imidazole rings is 1. The highest BCUT2D eigenvalue weighted by molar-refractivity contribution is 5.67. The Bertz CT molecular complexity index is 624. The highest BCUT2D eigenvalue weighted by atomic mass is 16.2. The Morgan fingerprint density at radius 3 is 1.93 bits per heavy atom. The molecule has 2 heterocycles. The highest BCUT2D eigenvalue weighted by Gasteiger charge is 2.02. The van der Waals surface area contributed by atoms with Gasteiger partial charge in [0, 0.05) is 6.57 Å². The number of hydrogen-bond acceptors (Lipinski definition) is 4. The van der Waals surface area contributed by atoms with E-state index in [1.165, 1.54) is 0 Å². The summed E-state index contributed by atoms with van der Waals surface area (Å²) in [5.74, 6) is 0. The minimum atomic E-state index is -0.650. The molecule has 0 radical (unpaired) electrons. The molecule has 0 aromatic carbocycles. The summed E-state index contributed by atoms with van der Waals surface area (Å²) in [4.78, 5) is 41.0. The summed E-state index contributed by atoms with van der Waals surface area (Å²) >= 11 is 0. The minimum absolute atomic E-state index is 0.0413. The number of rotatable bonds is 0. The molecule has 2 aromatic rings. The van der Waals surface area contributed by atoms with Crippen LogP contribution >= 0.6 is 0 Å². The van der Waals surface area contributed by atoms with Gasteiger partial charge >= 0.3 is 11.4 Å². The van der Waals surface area contributed by atoms with E-state index in [0.717, 1.165) is 0 Å². The molecule has 2 aromatic heterocycles. The van der Waals surface area contributed by atoms with E-state index in [2.05, 4.69) is 21.5 Å². The van der Waals surface area contributed by atoms with Gasteiger partial charge in [0.1, 0.15) is 11.2 Å². The Balaban J connectivity index is 0.000000461. The van der Waals surface area contributed by atoms with Crippen LogP contribution in [0.4, 0.5) is 0 Å². The molecule has 0 atom stereocenters. The van der Waals surface area contributed by atoms with Crippen molar-refractivity contribution in [1.82, 2.24) is 19.9 Å². The molecule has 0 saturated carbocycles. The lowest BCUT2D eigenvalue weighted by atomic mass is 10.5. The number of nitriles is 1. The monoisotopic (exact) mass is 195 g/mol. The molecular weight excluding hydrogens is 190 g/mol. The van der Waals surface area contributed by atoms with Gasteiger partial charge in [-0.25, -0.2) is 14.9 Å². The highest BCUT2D eigenvalue weighted by Crippen LogP contribution is 1.88. The number of nitrogens with one attached hydrogen (secondary N) is 4. The van der Waals surface area contributed by atoms with Gasteiger partial charge in [0.05, 0.1) is 0 Å². The fraction of sp³-hybridized carbons (Fsp3) is 0. The molecule has 0 amide bonds. The van der Waals surface area contributed by atoms with E-state index in [1.807, 2.05) is 4.98 Å². The van der Waals surface area contributed by atoms with Crippen LogP contribution in [0.1, 0.15) is 0 Å². The van der Waals surface area contributed by atoms with Crippen molar-refractivity contribution >= 4 is 11.2 Å². The predicted octanol–water partition coefficient (Wildman–Crippen LogP) is -1.63. The summed E-state index contributed by atoms with van der Waals surface area (Å²) in [7, 11) is 0. The van der Waals surface area contributed by atoms with Gasteiger partial charge in [0.2, 0.25) is 0 Å². The van der Waals surface area contributed by atoms with Crippen LogP contribution in [-0.2, 0) is 0 Å². The molecule has 0 spiro atoms. The van der Waals surface area contributed by atoms with Gasteiger partial charge < -0.3 is 0 Å². The standard InChI is InChI=1S/C5H4N4O3.CHN/c10-3-1-2(7-4(11)6-1)8-5(12)9-3;1-2/h(H4,6,7,8,9,10,11,12);1H. The van der Waals surface area contributed by atoms with Crippen molar-refractivity contribution in [2.24, 2.45) is 0 Å². The van der Waals surface area contributed by atoms with Gasteiger partial charge in [-0.3, -0.25) is 24.7 Å². The first-order valence-electron chi connectivity index (χ1n) is 3.37. The third-order valence-electron chi connectivity index (χ3n) is 1.42. The molecule has 0 saturated heterocycles. The van der Waals surface area contributed by atoms with Crippen molar-refractivity contribution in [3.8, 4) is 6.57 Å². The molecule has 0 fully saturated rings. The van der Waals surface area contributed by atoms with Gasteiger partial charge in [-0.05, 0) is 0 Å².